The van der Waals surface area contributed by atoms with E-state index in [9.17, 15) is 24.3 Å². The Hall–Kier alpha value is -5.28. The quantitative estimate of drug-likeness (QED) is 0.0928. The molecular formula is C37H36N8O7S5. The van der Waals surface area contributed by atoms with Crippen molar-refractivity contribution < 1.29 is 33.8 Å². The maximum Gasteiger partial charge on any atom is 0.408 e. The number of thiazole rings is 5. The van der Waals surface area contributed by atoms with Gasteiger partial charge in [-0.15, -0.1) is 56.7 Å². The molecule has 0 radical (unpaired) electrons. The number of amides is 2. The van der Waals surface area contributed by atoms with Crippen LogP contribution in [0.1, 0.15) is 96.0 Å². The van der Waals surface area contributed by atoms with Crippen LogP contribution in [0.3, 0.4) is 0 Å². The van der Waals surface area contributed by atoms with E-state index in [4.69, 9.17) is 24.4 Å². The lowest BCUT2D eigenvalue weighted by atomic mass is 10.1. The number of nitrogens with zero attached hydrogens (tertiary/aromatic N) is 6. The lowest BCUT2D eigenvalue weighted by molar-refractivity contribution is 0.0486. The van der Waals surface area contributed by atoms with Crippen molar-refractivity contribution in [2.45, 2.75) is 60.1 Å². The Balaban J connectivity index is 1.28. The van der Waals surface area contributed by atoms with E-state index in [-0.39, 0.29) is 29.6 Å². The summed E-state index contributed by atoms with van der Waals surface area (Å²) in [6.07, 6.45) is 1.16. The summed E-state index contributed by atoms with van der Waals surface area (Å²) in [5.41, 5.74) is 2.68. The molecule has 1 atom stereocenters. The van der Waals surface area contributed by atoms with E-state index in [0.29, 0.717) is 59.1 Å². The van der Waals surface area contributed by atoms with Gasteiger partial charge in [-0.3, -0.25) is 4.79 Å². The van der Waals surface area contributed by atoms with Gasteiger partial charge in [-0.1, -0.05) is 19.9 Å². The summed E-state index contributed by atoms with van der Waals surface area (Å²) in [6.45, 7) is 13.0. The minimum atomic E-state index is -1.12. The van der Waals surface area contributed by atoms with Crippen LogP contribution < -0.4 is 10.6 Å². The molecule has 6 aromatic rings. The number of hydrogen-bond acceptors (Lipinski definition) is 17. The summed E-state index contributed by atoms with van der Waals surface area (Å²) in [5, 5.41) is 26.1. The Morgan fingerprint density at radius 2 is 1.46 bits per heavy atom. The molecule has 0 aliphatic rings. The molecule has 2 amide bonds. The molecule has 20 heteroatoms. The molecule has 3 N–H and O–H groups in total. The van der Waals surface area contributed by atoms with Crippen LogP contribution in [0, 0.1) is 5.92 Å². The van der Waals surface area contributed by atoms with Crippen LogP contribution in [0.2, 0.25) is 0 Å². The van der Waals surface area contributed by atoms with E-state index in [1.54, 1.807) is 62.9 Å². The lowest BCUT2D eigenvalue weighted by Crippen LogP contribution is -2.36. The Morgan fingerprint density at radius 3 is 2.14 bits per heavy atom. The van der Waals surface area contributed by atoms with Crippen LogP contribution in [-0.4, -0.2) is 71.2 Å². The molecule has 0 unspecified atom stereocenters. The highest BCUT2D eigenvalue weighted by atomic mass is 32.1. The topological polar surface area (TPSA) is 208 Å². The zero-order chi connectivity index (χ0) is 41.0. The van der Waals surface area contributed by atoms with Gasteiger partial charge in [0.25, 0.3) is 5.91 Å². The van der Waals surface area contributed by atoms with Crippen LogP contribution in [0.25, 0.3) is 49.1 Å². The number of carboxylic acid groups (broad SMARTS) is 1. The predicted octanol–water partition coefficient (Wildman–Crippen LogP) is 8.92. The van der Waals surface area contributed by atoms with Gasteiger partial charge >= 0.3 is 18.0 Å². The summed E-state index contributed by atoms with van der Waals surface area (Å²) < 4.78 is 10.6. The molecule has 0 spiro atoms. The maximum atomic E-state index is 13.5. The molecule has 15 nitrogen and oxygen atoms in total. The number of aromatic nitrogens is 6. The van der Waals surface area contributed by atoms with Gasteiger partial charge in [0.2, 0.25) is 0 Å². The molecule has 0 saturated carbocycles. The van der Waals surface area contributed by atoms with Crippen LogP contribution in [-0.2, 0) is 9.47 Å². The highest BCUT2D eigenvalue weighted by molar-refractivity contribution is 7.15. The molecule has 0 bridgehead atoms. The first-order valence-electron chi connectivity index (χ1n) is 17.3. The molecular weight excluding hydrogens is 829 g/mol. The van der Waals surface area contributed by atoms with Gasteiger partial charge in [0, 0.05) is 32.5 Å². The molecule has 0 saturated heterocycles. The smallest absolute Gasteiger partial charge is 0.408 e. The number of pyridine rings is 1. The Kier molecular flexibility index (Phi) is 12.7. The summed E-state index contributed by atoms with van der Waals surface area (Å²) >= 11 is 6.33. The van der Waals surface area contributed by atoms with E-state index < -0.39 is 35.6 Å². The van der Waals surface area contributed by atoms with Crippen molar-refractivity contribution in [3.05, 3.63) is 72.2 Å². The third-order valence-corrected chi connectivity index (χ3v) is 12.1. The molecule has 0 fully saturated rings. The normalized spacial score (nSPS) is 12.4. The van der Waals surface area contributed by atoms with Gasteiger partial charge in [0.1, 0.15) is 53.4 Å². The standard InChI is InChI=1S/C37H36N8O7S5/c1-8-19(39-28(46)22-13-57-33(41-22)26(17(3)4)45-36(50)52-37(5,6)7)30-40-21(12-54-30)27-18(29-44-25(16-53-29)35(49)51-9-2)10-11-20(38-27)31-42-23(14-55-31)32-43-24(15-56-32)34(47)48/h8,10-17,26H,9H2,1-7H3,(H,39,46)(H,45,50)(H,47,48)/b19-8-/t26-/m1/s1. The maximum absolute atomic E-state index is 13.5. The van der Waals surface area contributed by atoms with Gasteiger partial charge < -0.3 is 25.2 Å². The van der Waals surface area contributed by atoms with E-state index in [2.05, 4.69) is 25.6 Å². The predicted molar refractivity (Wildman–Crippen MR) is 222 cm³/mol. The number of nitrogens with one attached hydrogen (secondary N) is 2. The largest absolute Gasteiger partial charge is 0.476 e. The van der Waals surface area contributed by atoms with Crippen LogP contribution in [0.4, 0.5) is 4.79 Å². The van der Waals surface area contributed by atoms with Crippen LogP contribution >= 0.6 is 56.7 Å². The highest BCUT2D eigenvalue weighted by Crippen LogP contribution is 2.38. The minimum absolute atomic E-state index is 0.0276. The second-order valence-corrected chi connectivity index (χ2v) is 17.7. The van der Waals surface area contributed by atoms with E-state index in [0.717, 1.165) is 0 Å². The molecule has 6 rings (SSSR count). The van der Waals surface area contributed by atoms with Crippen molar-refractivity contribution in [1.82, 2.24) is 40.5 Å². The molecule has 57 heavy (non-hydrogen) atoms. The van der Waals surface area contributed by atoms with Crippen molar-refractivity contribution in [2.75, 3.05) is 6.61 Å². The zero-order valence-corrected chi connectivity index (χ0v) is 35.7. The van der Waals surface area contributed by atoms with E-state index in [1.807, 2.05) is 25.3 Å². The monoisotopic (exact) mass is 864 g/mol. The number of allylic oxidation sites excluding steroid dienone is 1. The Bertz CT molecular complexity index is 2470. The number of alkyl carbamates (subject to hydrolysis) is 1. The molecule has 6 heterocycles. The number of ether oxygens (including phenoxy) is 2. The zero-order valence-electron chi connectivity index (χ0n) is 31.6. The van der Waals surface area contributed by atoms with Crippen LogP contribution in [0.15, 0.2) is 45.1 Å². The summed E-state index contributed by atoms with van der Waals surface area (Å²) in [6, 6.07) is 3.15. The SMILES string of the molecule is C/C=C(\NC(=O)c1csc([C@H](NC(=O)OC(C)(C)C)C(C)C)n1)c1nc(-c2nc(-c3nc(-c4nc(C(=O)O)cs4)cs3)ccc2-c2nc(C(=O)OCC)cs2)cs1. The molecule has 0 aliphatic carbocycles. The number of aromatic carboxylic acids is 1. The second kappa shape index (κ2) is 17.5. The average Bonchev–Trinajstić information content (AvgIpc) is 4.01. The number of carbonyl (C=O) groups excluding carboxylic acids is 3. The fraction of sp³-hybridized carbons (Fsp3) is 0.297. The van der Waals surface area contributed by atoms with E-state index >= 15 is 0 Å². The minimum Gasteiger partial charge on any atom is -0.476 e. The first kappa shape index (κ1) is 41.4. The van der Waals surface area contributed by atoms with Gasteiger partial charge in [-0.25, -0.2) is 44.3 Å². The van der Waals surface area contributed by atoms with Crippen molar-refractivity contribution in [3.63, 3.8) is 0 Å². The van der Waals surface area contributed by atoms with Gasteiger partial charge in [0.05, 0.1) is 24.0 Å². The molecule has 0 aromatic carbocycles. The Labute approximate surface area is 347 Å². The van der Waals surface area contributed by atoms with Crippen LogP contribution in [0.5, 0.6) is 0 Å². The molecule has 0 aliphatic heterocycles. The van der Waals surface area contributed by atoms with Crippen molar-refractivity contribution in [1.29, 1.82) is 0 Å². The highest BCUT2D eigenvalue weighted by Gasteiger charge is 2.27. The third kappa shape index (κ3) is 9.82. The first-order valence-corrected chi connectivity index (χ1v) is 21.7. The van der Waals surface area contributed by atoms with E-state index in [1.165, 1.54) is 62.1 Å². The number of rotatable bonds is 13. The van der Waals surface area contributed by atoms with Gasteiger partial charge in [-0.2, -0.15) is 0 Å². The summed E-state index contributed by atoms with van der Waals surface area (Å²) in [7, 11) is 0. The van der Waals surface area contributed by atoms with Gasteiger partial charge in [0.15, 0.2) is 11.4 Å². The summed E-state index contributed by atoms with van der Waals surface area (Å²) in [4.78, 5) is 77.8. The third-order valence-electron chi connectivity index (χ3n) is 7.65. The van der Waals surface area contributed by atoms with Crippen molar-refractivity contribution in [3.8, 4) is 43.4 Å². The second-order valence-electron chi connectivity index (χ2n) is 13.4. The Morgan fingerprint density at radius 1 is 0.789 bits per heavy atom. The lowest BCUT2D eigenvalue weighted by Gasteiger charge is -2.24. The fourth-order valence-electron chi connectivity index (χ4n) is 5.05. The fourth-order valence-corrected chi connectivity index (χ4v) is 9.32. The number of carboxylic acids is 1. The van der Waals surface area contributed by atoms with Gasteiger partial charge in [-0.05, 0) is 52.7 Å². The number of carbonyl (C=O) groups is 4. The molecule has 6 aromatic heterocycles. The number of esters is 1. The summed E-state index contributed by atoms with van der Waals surface area (Å²) in [5.74, 6) is -2.13. The van der Waals surface area contributed by atoms with Crippen molar-refractivity contribution in [2.24, 2.45) is 5.92 Å². The van der Waals surface area contributed by atoms with Crippen molar-refractivity contribution >= 4 is 86.3 Å². The molecule has 296 valence electrons. The average molecular weight is 865 g/mol. The first-order chi connectivity index (χ1) is 27.1. The number of hydrogen-bond donors (Lipinski definition) is 3.